The molecule has 0 amide bonds. The molecule has 0 aliphatic carbocycles. The summed E-state index contributed by atoms with van der Waals surface area (Å²) in [5.74, 6) is -0.472. The van der Waals surface area contributed by atoms with Gasteiger partial charge in [-0.05, 0) is 12.1 Å². The van der Waals surface area contributed by atoms with Gasteiger partial charge in [-0.3, -0.25) is 4.57 Å². The molecular formula is C12H10FN3O. The molecule has 0 saturated carbocycles. The minimum Gasteiger partial charge on any atom is -0.302 e. The molecule has 1 heterocycles. The molecule has 2 aromatic rings. The largest absolute Gasteiger partial charge is 0.328 e. The van der Waals surface area contributed by atoms with Crippen LogP contribution in [-0.2, 0) is 13.6 Å². The molecule has 17 heavy (non-hydrogen) atoms. The van der Waals surface area contributed by atoms with Crippen LogP contribution in [0.5, 0.6) is 0 Å². The minimum atomic E-state index is -0.472. The van der Waals surface area contributed by atoms with Crippen molar-refractivity contribution >= 4 is 0 Å². The molecule has 1 aromatic carbocycles. The summed E-state index contributed by atoms with van der Waals surface area (Å²) >= 11 is 0. The summed E-state index contributed by atoms with van der Waals surface area (Å²) < 4.78 is 16.4. The fourth-order valence-electron chi connectivity index (χ4n) is 1.56. The molecule has 1 aromatic heterocycles. The van der Waals surface area contributed by atoms with E-state index in [0.717, 1.165) is 0 Å². The zero-order valence-corrected chi connectivity index (χ0v) is 9.22. The van der Waals surface area contributed by atoms with Crippen LogP contribution >= 0.6 is 0 Å². The Labute approximate surface area is 97.2 Å². The third-order valence-electron chi connectivity index (χ3n) is 2.54. The van der Waals surface area contributed by atoms with E-state index in [1.807, 2.05) is 6.07 Å². The van der Waals surface area contributed by atoms with Gasteiger partial charge in [0.1, 0.15) is 5.82 Å². The van der Waals surface area contributed by atoms with Crippen molar-refractivity contribution in [1.29, 1.82) is 5.26 Å². The van der Waals surface area contributed by atoms with Gasteiger partial charge in [-0.1, -0.05) is 6.07 Å². The summed E-state index contributed by atoms with van der Waals surface area (Å²) in [7, 11) is 1.63. The first kappa shape index (κ1) is 11.1. The van der Waals surface area contributed by atoms with Gasteiger partial charge in [-0.25, -0.2) is 9.18 Å². The lowest BCUT2D eigenvalue weighted by Gasteiger charge is -2.03. The quantitative estimate of drug-likeness (QED) is 0.781. The third-order valence-corrected chi connectivity index (χ3v) is 2.54. The van der Waals surface area contributed by atoms with Crippen LogP contribution in [0.2, 0.25) is 0 Å². The second-order valence-electron chi connectivity index (χ2n) is 3.74. The summed E-state index contributed by atoms with van der Waals surface area (Å²) in [6, 6.07) is 6.09. The van der Waals surface area contributed by atoms with Crippen molar-refractivity contribution in [2.45, 2.75) is 6.54 Å². The van der Waals surface area contributed by atoms with Crippen LogP contribution in [0.1, 0.15) is 11.1 Å². The summed E-state index contributed by atoms with van der Waals surface area (Å²) in [6.45, 7) is 0.164. The summed E-state index contributed by atoms with van der Waals surface area (Å²) in [5, 5.41) is 8.61. The number of halogens is 1. The number of nitrogens with zero attached hydrogens (tertiary/aromatic N) is 3. The molecule has 0 bridgehead atoms. The Morgan fingerprint density at radius 2 is 2.18 bits per heavy atom. The lowest BCUT2D eigenvalue weighted by Crippen LogP contribution is -2.22. The van der Waals surface area contributed by atoms with Crippen molar-refractivity contribution in [3.05, 3.63) is 58.0 Å². The van der Waals surface area contributed by atoms with Crippen molar-refractivity contribution in [2.75, 3.05) is 0 Å². The lowest BCUT2D eigenvalue weighted by atomic mass is 10.1. The van der Waals surface area contributed by atoms with Crippen molar-refractivity contribution in [1.82, 2.24) is 9.13 Å². The molecule has 0 atom stereocenters. The number of nitriles is 1. The molecule has 0 aliphatic rings. The average Bonchev–Trinajstić information content (AvgIpc) is 2.63. The Morgan fingerprint density at radius 3 is 2.71 bits per heavy atom. The molecule has 0 fully saturated rings. The van der Waals surface area contributed by atoms with E-state index in [2.05, 4.69) is 0 Å². The number of hydrogen-bond donors (Lipinski definition) is 0. The number of rotatable bonds is 2. The van der Waals surface area contributed by atoms with E-state index >= 15 is 0 Å². The van der Waals surface area contributed by atoms with E-state index in [-0.39, 0.29) is 17.8 Å². The second-order valence-corrected chi connectivity index (χ2v) is 3.74. The van der Waals surface area contributed by atoms with Crippen molar-refractivity contribution in [3.8, 4) is 6.07 Å². The number of imidazole rings is 1. The molecular weight excluding hydrogens is 221 g/mol. The van der Waals surface area contributed by atoms with Crippen LogP contribution < -0.4 is 5.69 Å². The number of aromatic nitrogens is 2. The van der Waals surface area contributed by atoms with Gasteiger partial charge in [-0.15, -0.1) is 0 Å². The van der Waals surface area contributed by atoms with Crippen LogP contribution in [0, 0.1) is 17.1 Å². The van der Waals surface area contributed by atoms with E-state index in [9.17, 15) is 9.18 Å². The van der Waals surface area contributed by atoms with Gasteiger partial charge in [0.05, 0.1) is 18.2 Å². The Morgan fingerprint density at radius 1 is 1.41 bits per heavy atom. The standard InChI is InChI=1S/C12H10FN3O/c1-15-4-5-16(12(15)17)8-10-3-2-9(7-14)6-11(10)13/h2-6H,8H2,1H3. The van der Waals surface area contributed by atoms with E-state index in [1.54, 1.807) is 19.4 Å². The SMILES string of the molecule is Cn1ccn(Cc2ccc(C#N)cc2F)c1=O. The monoisotopic (exact) mass is 231 g/mol. The van der Waals surface area contributed by atoms with Crippen molar-refractivity contribution < 1.29 is 4.39 Å². The summed E-state index contributed by atoms with van der Waals surface area (Å²) in [4.78, 5) is 11.6. The van der Waals surface area contributed by atoms with Crippen LogP contribution in [0.25, 0.3) is 0 Å². The van der Waals surface area contributed by atoms with E-state index in [1.165, 1.54) is 27.3 Å². The number of hydrogen-bond acceptors (Lipinski definition) is 2. The summed E-state index contributed by atoms with van der Waals surface area (Å²) in [6.07, 6.45) is 3.21. The highest BCUT2D eigenvalue weighted by atomic mass is 19.1. The highest BCUT2D eigenvalue weighted by Gasteiger charge is 2.06. The molecule has 0 radical (unpaired) electrons. The fourth-order valence-corrected chi connectivity index (χ4v) is 1.56. The van der Waals surface area contributed by atoms with E-state index in [4.69, 9.17) is 5.26 Å². The molecule has 0 saturated heterocycles. The highest BCUT2D eigenvalue weighted by Crippen LogP contribution is 2.10. The zero-order chi connectivity index (χ0) is 12.4. The maximum absolute atomic E-state index is 13.6. The molecule has 86 valence electrons. The second kappa shape index (κ2) is 4.26. The number of benzene rings is 1. The van der Waals surface area contributed by atoms with E-state index in [0.29, 0.717) is 5.56 Å². The topological polar surface area (TPSA) is 50.7 Å². The van der Waals surface area contributed by atoms with Crippen LogP contribution in [-0.4, -0.2) is 9.13 Å². The Balaban J connectivity index is 2.34. The zero-order valence-electron chi connectivity index (χ0n) is 9.22. The predicted octanol–water partition coefficient (Wildman–Crippen LogP) is 1.25. The molecule has 0 spiro atoms. The van der Waals surface area contributed by atoms with Gasteiger partial charge in [0, 0.05) is 25.0 Å². The summed E-state index contributed by atoms with van der Waals surface area (Å²) in [5.41, 5.74) is 0.456. The lowest BCUT2D eigenvalue weighted by molar-refractivity contribution is 0.593. The highest BCUT2D eigenvalue weighted by molar-refractivity contribution is 5.32. The van der Waals surface area contributed by atoms with Gasteiger partial charge >= 0.3 is 5.69 Å². The first-order chi connectivity index (χ1) is 8.11. The Hall–Kier alpha value is -2.35. The minimum absolute atomic E-state index is 0.164. The molecule has 0 N–H and O–H groups in total. The van der Waals surface area contributed by atoms with Crippen molar-refractivity contribution in [3.63, 3.8) is 0 Å². The molecule has 0 aliphatic heterocycles. The van der Waals surface area contributed by atoms with Crippen LogP contribution in [0.15, 0.2) is 35.4 Å². The molecule has 0 unspecified atom stereocenters. The van der Waals surface area contributed by atoms with Crippen LogP contribution in [0.3, 0.4) is 0 Å². The molecule has 4 nitrogen and oxygen atoms in total. The maximum atomic E-state index is 13.6. The first-order valence-electron chi connectivity index (χ1n) is 5.02. The van der Waals surface area contributed by atoms with Crippen molar-refractivity contribution in [2.24, 2.45) is 7.05 Å². The fraction of sp³-hybridized carbons (Fsp3) is 0.167. The van der Waals surface area contributed by atoms with Crippen LogP contribution in [0.4, 0.5) is 4.39 Å². The average molecular weight is 231 g/mol. The van der Waals surface area contributed by atoms with Gasteiger partial charge in [0.25, 0.3) is 0 Å². The van der Waals surface area contributed by atoms with Gasteiger partial charge in [-0.2, -0.15) is 5.26 Å². The molecule has 5 heteroatoms. The Bertz CT molecular complexity index is 649. The van der Waals surface area contributed by atoms with Gasteiger partial charge in [0.2, 0.25) is 0 Å². The first-order valence-corrected chi connectivity index (χ1v) is 5.02. The third kappa shape index (κ3) is 2.11. The van der Waals surface area contributed by atoms with Gasteiger partial charge in [0.15, 0.2) is 0 Å². The maximum Gasteiger partial charge on any atom is 0.328 e. The Kier molecular flexibility index (Phi) is 2.79. The number of aryl methyl sites for hydroxylation is 1. The smallest absolute Gasteiger partial charge is 0.302 e. The van der Waals surface area contributed by atoms with E-state index < -0.39 is 5.82 Å². The van der Waals surface area contributed by atoms with Gasteiger partial charge < -0.3 is 4.57 Å². The predicted molar refractivity (Wildman–Crippen MR) is 59.9 cm³/mol. The normalized spacial score (nSPS) is 10.2. The molecule has 2 rings (SSSR count).